The second kappa shape index (κ2) is 6.56. The van der Waals surface area contributed by atoms with Gasteiger partial charge >= 0.3 is 12.1 Å². The molecule has 1 fully saturated rings. The summed E-state index contributed by atoms with van der Waals surface area (Å²) in [6.45, 7) is 6.99. The molecule has 1 saturated carbocycles. The van der Waals surface area contributed by atoms with Gasteiger partial charge in [-0.3, -0.25) is 5.32 Å². The second-order valence-electron chi connectivity index (χ2n) is 6.55. The molecule has 1 amide bonds. The maximum absolute atomic E-state index is 11.7. The van der Waals surface area contributed by atoms with E-state index < -0.39 is 29.0 Å². The fourth-order valence-corrected chi connectivity index (χ4v) is 2.53. The van der Waals surface area contributed by atoms with Crippen molar-refractivity contribution >= 4 is 45.8 Å². The van der Waals surface area contributed by atoms with Crippen molar-refractivity contribution in [3.8, 4) is 0 Å². The molecule has 0 saturated heterocycles. The lowest BCUT2D eigenvalue weighted by molar-refractivity contribution is -0.129. The van der Waals surface area contributed by atoms with Gasteiger partial charge in [-0.15, -0.1) is 0 Å². The zero-order valence-electron chi connectivity index (χ0n) is 13.7. The van der Waals surface area contributed by atoms with Crippen molar-refractivity contribution in [1.29, 1.82) is 0 Å². The Morgan fingerprint density at radius 1 is 1.42 bits per heavy atom. The van der Waals surface area contributed by atoms with Gasteiger partial charge in [0.15, 0.2) is 5.13 Å². The SMILES string of the molecule is CC(C)(C)OC(=O)Nc1nc(/C(=N\OC2(C)CC2)C(=O)O)c(Cl)s1. The van der Waals surface area contributed by atoms with E-state index in [-0.39, 0.29) is 15.2 Å². The molecule has 1 heterocycles. The molecule has 0 radical (unpaired) electrons. The highest BCUT2D eigenvalue weighted by molar-refractivity contribution is 7.20. The van der Waals surface area contributed by atoms with E-state index in [4.69, 9.17) is 21.2 Å². The predicted octanol–water partition coefficient (Wildman–Crippen LogP) is 3.50. The van der Waals surface area contributed by atoms with E-state index in [2.05, 4.69) is 15.5 Å². The van der Waals surface area contributed by atoms with Crippen molar-refractivity contribution in [1.82, 2.24) is 4.98 Å². The topological polar surface area (TPSA) is 110 Å². The Kier molecular flexibility index (Phi) is 5.05. The first-order chi connectivity index (χ1) is 11.0. The first-order valence-electron chi connectivity index (χ1n) is 7.15. The zero-order valence-corrected chi connectivity index (χ0v) is 15.2. The highest BCUT2D eigenvalue weighted by atomic mass is 35.5. The Morgan fingerprint density at radius 3 is 2.54 bits per heavy atom. The van der Waals surface area contributed by atoms with Gasteiger partial charge in [0.05, 0.1) is 0 Å². The molecule has 0 aromatic carbocycles. The number of carbonyl (C=O) groups is 2. The van der Waals surface area contributed by atoms with Gasteiger partial charge in [0.1, 0.15) is 21.2 Å². The fourth-order valence-electron chi connectivity index (χ4n) is 1.50. The van der Waals surface area contributed by atoms with E-state index in [1.807, 2.05) is 6.92 Å². The van der Waals surface area contributed by atoms with Crippen LogP contribution in [0.2, 0.25) is 4.34 Å². The van der Waals surface area contributed by atoms with Gasteiger partial charge in [-0.25, -0.2) is 14.6 Å². The van der Waals surface area contributed by atoms with Crippen molar-refractivity contribution in [3.63, 3.8) is 0 Å². The summed E-state index contributed by atoms with van der Waals surface area (Å²) in [6.07, 6.45) is 0.897. The second-order valence-corrected chi connectivity index (χ2v) is 8.16. The number of hydrogen-bond donors (Lipinski definition) is 2. The Labute approximate surface area is 147 Å². The van der Waals surface area contributed by atoms with Gasteiger partial charge in [-0.1, -0.05) is 28.1 Å². The van der Waals surface area contributed by atoms with Gasteiger partial charge in [0, 0.05) is 0 Å². The molecule has 8 nitrogen and oxygen atoms in total. The number of thiazole rings is 1. The number of carboxylic acid groups (broad SMARTS) is 1. The van der Waals surface area contributed by atoms with E-state index in [1.165, 1.54) is 0 Å². The molecule has 0 bridgehead atoms. The Hall–Kier alpha value is -1.87. The quantitative estimate of drug-likeness (QED) is 0.602. The third kappa shape index (κ3) is 5.07. The molecule has 10 heteroatoms. The third-order valence-electron chi connectivity index (χ3n) is 2.93. The molecule has 0 atom stereocenters. The molecule has 1 aromatic rings. The standard InChI is InChI=1S/C14H18ClN3O5S/c1-13(2,3)22-12(21)17-11-16-7(9(15)24-11)8(10(19)20)18-23-14(4)5-6-14/h5-6H2,1-4H3,(H,19,20)(H,16,17,21)/b18-8+. The van der Waals surface area contributed by atoms with E-state index in [0.717, 1.165) is 24.2 Å². The van der Waals surface area contributed by atoms with E-state index in [9.17, 15) is 14.7 Å². The fraction of sp³-hybridized carbons (Fsp3) is 0.571. The number of aromatic nitrogens is 1. The van der Waals surface area contributed by atoms with Crippen molar-refractivity contribution in [3.05, 3.63) is 10.0 Å². The van der Waals surface area contributed by atoms with Gasteiger partial charge < -0.3 is 14.7 Å². The first kappa shape index (κ1) is 18.5. The summed E-state index contributed by atoms with van der Waals surface area (Å²) in [7, 11) is 0. The lowest BCUT2D eigenvalue weighted by Gasteiger charge is -2.18. The monoisotopic (exact) mass is 375 g/mol. The number of nitrogens with zero attached hydrogens (tertiary/aromatic N) is 2. The van der Waals surface area contributed by atoms with Crippen molar-refractivity contribution < 1.29 is 24.3 Å². The van der Waals surface area contributed by atoms with Crippen molar-refractivity contribution in [2.75, 3.05) is 5.32 Å². The number of carbonyl (C=O) groups excluding carboxylic acids is 1. The molecule has 24 heavy (non-hydrogen) atoms. The van der Waals surface area contributed by atoms with Gasteiger partial charge in [0.2, 0.25) is 5.71 Å². The molecule has 2 rings (SSSR count). The summed E-state index contributed by atoms with van der Waals surface area (Å²) in [6, 6.07) is 0. The summed E-state index contributed by atoms with van der Waals surface area (Å²) < 4.78 is 5.18. The number of oxime groups is 1. The van der Waals surface area contributed by atoms with Crippen LogP contribution in [0.1, 0.15) is 46.2 Å². The number of nitrogens with one attached hydrogen (secondary N) is 1. The van der Waals surface area contributed by atoms with E-state index in [1.54, 1.807) is 20.8 Å². The Morgan fingerprint density at radius 2 is 2.04 bits per heavy atom. The summed E-state index contributed by atoms with van der Waals surface area (Å²) in [5.74, 6) is -1.32. The number of amides is 1. The summed E-state index contributed by atoms with van der Waals surface area (Å²) in [4.78, 5) is 32.4. The van der Waals surface area contributed by atoms with Crippen LogP contribution in [0.5, 0.6) is 0 Å². The molecule has 0 aliphatic heterocycles. The van der Waals surface area contributed by atoms with E-state index >= 15 is 0 Å². The van der Waals surface area contributed by atoms with Crippen molar-refractivity contribution in [2.45, 2.75) is 51.7 Å². The summed E-state index contributed by atoms with van der Waals surface area (Å²) >= 11 is 6.94. The van der Waals surface area contributed by atoms with Crippen LogP contribution in [0.3, 0.4) is 0 Å². The van der Waals surface area contributed by atoms with Crippen LogP contribution >= 0.6 is 22.9 Å². The molecule has 1 aliphatic rings. The molecular weight excluding hydrogens is 358 g/mol. The Bertz CT molecular complexity index is 691. The van der Waals surface area contributed by atoms with Crippen LogP contribution < -0.4 is 5.32 Å². The highest BCUT2D eigenvalue weighted by Gasteiger charge is 2.41. The summed E-state index contributed by atoms with van der Waals surface area (Å²) in [5.41, 5.74) is -1.58. The van der Waals surface area contributed by atoms with Crippen molar-refractivity contribution in [2.24, 2.45) is 5.16 Å². The average molecular weight is 376 g/mol. The van der Waals surface area contributed by atoms with Gasteiger partial charge in [-0.05, 0) is 40.5 Å². The molecule has 0 unspecified atom stereocenters. The minimum atomic E-state index is -1.32. The molecule has 0 spiro atoms. The maximum Gasteiger partial charge on any atom is 0.413 e. The van der Waals surface area contributed by atoms with Crippen LogP contribution in [0, 0.1) is 0 Å². The normalized spacial score (nSPS) is 16.5. The molecule has 2 N–H and O–H groups in total. The van der Waals surface area contributed by atoms with Gasteiger partial charge in [0.25, 0.3) is 0 Å². The molecule has 132 valence electrons. The maximum atomic E-state index is 11.7. The number of hydrogen-bond acceptors (Lipinski definition) is 7. The number of carboxylic acids is 1. The largest absolute Gasteiger partial charge is 0.476 e. The van der Waals surface area contributed by atoms with Gasteiger partial charge in [-0.2, -0.15) is 0 Å². The smallest absolute Gasteiger partial charge is 0.413 e. The number of rotatable bonds is 5. The third-order valence-corrected chi connectivity index (χ3v) is 4.10. The predicted molar refractivity (Wildman–Crippen MR) is 89.9 cm³/mol. The van der Waals surface area contributed by atoms with Crippen LogP contribution in [0.4, 0.5) is 9.93 Å². The lowest BCUT2D eigenvalue weighted by atomic mass is 10.2. The highest BCUT2D eigenvalue weighted by Crippen LogP contribution is 2.39. The number of ether oxygens (including phenoxy) is 1. The summed E-state index contributed by atoms with van der Waals surface area (Å²) in [5, 5.41) is 15.5. The number of aliphatic carboxylic acids is 1. The first-order valence-corrected chi connectivity index (χ1v) is 8.35. The van der Waals surface area contributed by atoms with Crippen LogP contribution in [-0.4, -0.2) is 39.1 Å². The molecular formula is C14H18ClN3O5S. The average Bonchev–Trinajstić information content (AvgIpc) is 3.02. The van der Waals surface area contributed by atoms with Crippen LogP contribution in [0.25, 0.3) is 0 Å². The number of anilines is 1. The lowest BCUT2D eigenvalue weighted by Crippen LogP contribution is -2.27. The minimum Gasteiger partial charge on any atom is -0.476 e. The number of halogens is 1. The van der Waals surface area contributed by atoms with Crippen LogP contribution in [0.15, 0.2) is 5.16 Å². The Balaban J connectivity index is 2.16. The molecule has 1 aliphatic carbocycles. The molecule has 1 aromatic heterocycles. The minimum absolute atomic E-state index is 0.0653. The zero-order chi connectivity index (χ0) is 18.1. The van der Waals surface area contributed by atoms with E-state index in [0.29, 0.717) is 0 Å². The van der Waals surface area contributed by atoms with Crippen LogP contribution in [-0.2, 0) is 14.4 Å².